The van der Waals surface area contributed by atoms with Gasteiger partial charge in [0.2, 0.25) is 0 Å². The molecular weight excluding hydrogens is 332 g/mol. The van der Waals surface area contributed by atoms with E-state index in [1.54, 1.807) is 24.5 Å². The van der Waals surface area contributed by atoms with E-state index in [1.807, 2.05) is 18.2 Å². The molecule has 0 fully saturated rings. The monoisotopic (exact) mass is 348 g/mol. The van der Waals surface area contributed by atoms with Gasteiger partial charge in [-0.3, -0.25) is 4.98 Å². The second-order valence-corrected chi connectivity index (χ2v) is 5.43. The SMILES string of the molecule is COC(=O)c1ccc(CNCCc2ccncc2)c(Br)c1. The van der Waals surface area contributed by atoms with E-state index >= 15 is 0 Å². The fourth-order valence-corrected chi connectivity index (χ4v) is 2.46. The molecule has 1 aromatic carbocycles. The maximum Gasteiger partial charge on any atom is 0.337 e. The van der Waals surface area contributed by atoms with Crippen molar-refractivity contribution in [1.29, 1.82) is 0 Å². The van der Waals surface area contributed by atoms with Gasteiger partial charge in [-0.2, -0.15) is 0 Å². The van der Waals surface area contributed by atoms with E-state index in [2.05, 4.69) is 26.2 Å². The predicted octanol–water partition coefficient (Wildman–Crippen LogP) is 2.96. The third kappa shape index (κ3) is 4.65. The molecule has 0 atom stereocenters. The summed E-state index contributed by atoms with van der Waals surface area (Å²) in [6.07, 6.45) is 4.56. The normalized spacial score (nSPS) is 10.4. The molecule has 0 bridgehead atoms. The van der Waals surface area contributed by atoms with Crippen LogP contribution in [0.5, 0.6) is 0 Å². The zero-order valence-electron chi connectivity index (χ0n) is 11.8. The van der Waals surface area contributed by atoms with Gasteiger partial charge in [0.15, 0.2) is 0 Å². The van der Waals surface area contributed by atoms with Gasteiger partial charge in [-0.1, -0.05) is 22.0 Å². The highest BCUT2D eigenvalue weighted by atomic mass is 79.9. The van der Waals surface area contributed by atoms with Crippen LogP contribution in [0.3, 0.4) is 0 Å². The third-order valence-corrected chi connectivity index (χ3v) is 3.87. The van der Waals surface area contributed by atoms with Gasteiger partial charge in [0.1, 0.15) is 0 Å². The van der Waals surface area contributed by atoms with Crippen LogP contribution in [0.4, 0.5) is 0 Å². The Morgan fingerprint density at radius 3 is 2.71 bits per heavy atom. The number of carbonyl (C=O) groups excluding carboxylic acids is 1. The number of esters is 1. The van der Waals surface area contributed by atoms with Crippen molar-refractivity contribution in [3.8, 4) is 0 Å². The molecule has 0 saturated heterocycles. The molecule has 0 spiro atoms. The zero-order valence-corrected chi connectivity index (χ0v) is 13.4. The second kappa shape index (κ2) is 7.90. The van der Waals surface area contributed by atoms with Crippen LogP contribution >= 0.6 is 15.9 Å². The standard InChI is InChI=1S/C16H17BrN2O2/c1-21-16(20)13-2-3-14(15(17)10-13)11-19-9-6-12-4-7-18-8-5-12/h2-5,7-8,10,19H,6,9,11H2,1H3. The van der Waals surface area contributed by atoms with Crippen molar-refractivity contribution in [2.24, 2.45) is 0 Å². The van der Waals surface area contributed by atoms with Crippen LogP contribution in [-0.2, 0) is 17.7 Å². The molecule has 0 amide bonds. The smallest absolute Gasteiger partial charge is 0.337 e. The number of ether oxygens (including phenoxy) is 1. The molecule has 0 radical (unpaired) electrons. The molecule has 1 aromatic heterocycles. The van der Waals surface area contributed by atoms with E-state index in [9.17, 15) is 4.79 Å². The first-order valence-corrected chi connectivity index (χ1v) is 7.46. The van der Waals surface area contributed by atoms with Crippen LogP contribution in [0.2, 0.25) is 0 Å². The van der Waals surface area contributed by atoms with Crippen molar-refractivity contribution in [1.82, 2.24) is 10.3 Å². The van der Waals surface area contributed by atoms with Gasteiger partial charge in [0.25, 0.3) is 0 Å². The number of nitrogens with zero attached hydrogens (tertiary/aromatic N) is 1. The molecular formula is C16H17BrN2O2. The van der Waals surface area contributed by atoms with Gasteiger partial charge in [0.05, 0.1) is 12.7 Å². The number of hydrogen-bond donors (Lipinski definition) is 1. The van der Waals surface area contributed by atoms with Gasteiger partial charge in [-0.05, 0) is 48.4 Å². The van der Waals surface area contributed by atoms with Crippen molar-refractivity contribution < 1.29 is 9.53 Å². The molecule has 2 aromatic rings. The van der Waals surface area contributed by atoms with Gasteiger partial charge in [-0.25, -0.2) is 4.79 Å². The van der Waals surface area contributed by atoms with Gasteiger partial charge >= 0.3 is 5.97 Å². The first-order chi connectivity index (χ1) is 10.2. The van der Waals surface area contributed by atoms with Crippen molar-refractivity contribution in [2.75, 3.05) is 13.7 Å². The number of halogens is 1. The Morgan fingerprint density at radius 1 is 1.29 bits per heavy atom. The molecule has 0 aliphatic heterocycles. The van der Waals surface area contributed by atoms with Gasteiger partial charge < -0.3 is 10.1 Å². The van der Waals surface area contributed by atoms with Gasteiger partial charge in [0, 0.05) is 23.4 Å². The summed E-state index contributed by atoms with van der Waals surface area (Å²) in [7, 11) is 1.38. The minimum atomic E-state index is -0.326. The molecule has 4 nitrogen and oxygen atoms in total. The molecule has 1 N–H and O–H groups in total. The Kier molecular flexibility index (Phi) is 5.90. The molecule has 2 rings (SSSR count). The molecule has 0 aliphatic rings. The lowest BCUT2D eigenvalue weighted by Crippen LogP contribution is -2.17. The number of methoxy groups -OCH3 is 1. The lowest BCUT2D eigenvalue weighted by molar-refractivity contribution is 0.0600. The maximum atomic E-state index is 11.4. The fourth-order valence-electron chi connectivity index (χ4n) is 1.94. The van der Waals surface area contributed by atoms with E-state index in [0.29, 0.717) is 5.56 Å². The summed E-state index contributed by atoms with van der Waals surface area (Å²) in [5.74, 6) is -0.326. The maximum absolute atomic E-state index is 11.4. The molecule has 5 heteroatoms. The predicted molar refractivity (Wildman–Crippen MR) is 85.1 cm³/mol. The largest absolute Gasteiger partial charge is 0.465 e. The highest BCUT2D eigenvalue weighted by Crippen LogP contribution is 2.19. The minimum absolute atomic E-state index is 0.326. The summed E-state index contributed by atoms with van der Waals surface area (Å²) in [6, 6.07) is 9.52. The number of rotatable bonds is 6. The average molecular weight is 349 g/mol. The van der Waals surface area contributed by atoms with Crippen LogP contribution < -0.4 is 5.32 Å². The van der Waals surface area contributed by atoms with Crippen molar-refractivity contribution in [2.45, 2.75) is 13.0 Å². The molecule has 0 unspecified atom stereocenters. The molecule has 110 valence electrons. The number of pyridine rings is 1. The fraction of sp³-hybridized carbons (Fsp3) is 0.250. The summed E-state index contributed by atoms with van der Waals surface area (Å²) >= 11 is 3.49. The first-order valence-electron chi connectivity index (χ1n) is 6.67. The Morgan fingerprint density at radius 2 is 2.05 bits per heavy atom. The summed E-state index contributed by atoms with van der Waals surface area (Å²) < 4.78 is 5.60. The summed E-state index contributed by atoms with van der Waals surface area (Å²) in [6.45, 7) is 1.63. The molecule has 21 heavy (non-hydrogen) atoms. The van der Waals surface area contributed by atoms with Crippen LogP contribution in [0.25, 0.3) is 0 Å². The number of aromatic nitrogens is 1. The molecule has 1 heterocycles. The number of hydrogen-bond acceptors (Lipinski definition) is 4. The van der Waals surface area contributed by atoms with E-state index in [1.165, 1.54) is 12.7 Å². The summed E-state index contributed by atoms with van der Waals surface area (Å²) in [5, 5.41) is 3.39. The van der Waals surface area contributed by atoms with Crippen molar-refractivity contribution in [3.63, 3.8) is 0 Å². The van der Waals surface area contributed by atoms with E-state index in [0.717, 1.165) is 29.5 Å². The van der Waals surface area contributed by atoms with Crippen LogP contribution in [0.15, 0.2) is 47.2 Å². The van der Waals surface area contributed by atoms with Crippen molar-refractivity contribution in [3.05, 3.63) is 63.9 Å². The van der Waals surface area contributed by atoms with Crippen LogP contribution in [0, 0.1) is 0 Å². The zero-order chi connectivity index (χ0) is 15.1. The van der Waals surface area contributed by atoms with Crippen LogP contribution in [0.1, 0.15) is 21.5 Å². The first kappa shape index (κ1) is 15.7. The second-order valence-electron chi connectivity index (χ2n) is 4.58. The third-order valence-electron chi connectivity index (χ3n) is 3.13. The Labute approximate surface area is 132 Å². The minimum Gasteiger partial charge on any atom is -0.465 e. The van der Waals surface area contributed by atoms with E-state index in [4.69, 9.17) is 4.74 Å². The topological polar surface area (TPSA) is 51.2 Å². The number of benzene rings is 1. The molecule has 0 aliphatic carbocycles. The number of nitrogens with one attached hydrogen (secondary N) is 1. The molecule has 0 saturated carbocycles. The van der Waals surface area contributed by atoms with Gasteiger partial charge in [-0.15, -0.1) is 0 Å². The van der Waals surface area contributed by atoms with E-state index < -0.39 is 0 Å². The number of carbonyl (C=O) groups is 1. The Balaban J connectivity index is 1.85. The Bertz CT molecular complexity index is 602. The average Bonchev–Trinajstić information content (AvgIpc) is 2.53. The lowest BCUT2D eigenvalue weighted by Gasteiger charge is -2.08. The highest BCUT2D eigenvalue weighted by Gasteiger charge is 2.08. The lowest BCUT2D eigenvalue weighted by atomic mass is 10.1. The Hall–Kier alpha value is -1.72. The quantitative estimate of drug-likeness (QED) is 0.644. The summed E-state index contributed by atoms with van der Waals surface area (Å²) in [5.41, 5.74) is 2.92. The summed E-state index contributed by atoms with van der Waals surface area (Å²) in [4.78, 5) is 15.4. The van der Waals surface area contributed by atoms with E-state index in [-0.39, 0.29) is 5.97 Å². The van der Waals surface area contributed by atoms with Crippen LogP contribution in [-0.4, -0.2) is 24.6 Å². The van der Waals surface area contributed by atoms with Crippen molar-refractivity contribution >= 4 is 21.9 Å². The highest BCUT2D eigenvalue weighted by molar-refractivity contribution is 9.10.